The van der Waals surface area contributed by atoms with Crippen LogP contribution in [-0.2, 0) is 0 Å². The molecule has 1 aromatic heterocycles. The second-order valence-corrected chi connectivity index (χ2v) is 6.68. The summed E-state index contributed by atoms with van der Waals surface area (Å²) in [6.07, 6.45) is 5.66. The molecule has 1 heterocycles. The van der Waals surface area contributed by atoms with Gasteiger partial charge in [0.15, 0.2) is 5.69 Å². The first kappa shape index (κ1) is 17.0. The first-order valence-electron chi connectivity index (χ1n) is 8.44. The van der Waals surface area contributed by atoms with Gasteiger partial charge in [-0.05, 0) is 38.7 Å². The molecule has 22 heavy (non-hydrogen) atoms. The molecule has 124 valence electrons. The van der Waals surface area contributed by atoms with Gasteiger partial charge in [-0.1, -0.05) is 26.7 Å². The highest BCUT2D eigenvalue weighted by Crippen LogP contribution is 2.30. The van der Waals surface area contributed by atoms with Gasteiger partial charge in [0.2, 0.25) is 0 Å². The molecule has 1 aliphatic carbocycles. The summed E-state index contributed by atoms with van der Waals surface area (Å²) in [6, 6.07) is 2.20. The summed E-state index contributed by atoms with van der Waals surface area (Å²) in [5.74, 6) is -0.104. The van der Waals surface area contributed by atoms with Crippen molar-refractivity contribution in [3.05, 3.63) is 17.5 Å². The number of aromatic nitrogens is 2. The fourth-order valence-electron chi connectivity index (χ4n) is 3.50. The van der Waals surface area contributed by atoms with Crippen LogP contribution in [0.3, 0.4) is 0 Å². The van der Waals surface area contributed by atoms with Crippen molar-refractivity contribution < 1.29 is 9.90 Å². The molecule has 1 N–H and O–H groups in total. The molecule has 1 fully saturated rings. The Morgan fingerprint density at radius 1 is 1.41 bits per heavy atom. The maximum absolute atomic E-state index is 12.6. The molecule has 1 saturated carbocycles. The maximum atomic E-state index is 12.6. The normalized spacial score (nSPS) is 17.2. The Morgan fingerprint density at radius 3 is 2.55 bits per heavy atom. The van der Waals surface area contributed by atoms with E-state index in [1.165, 1.54) is 0 Å². The summed E-state index contributed by atoms with van der Waals surface area (Å²) in [5.41, 5.74) is 0.788. The minimum atomic E-state index is -0.711. The van der Waals surface area contributed by atoms with E-state index < -0.39 is 5.60 Å². The van der Waals surface area contributed by atoms with Crippen molar-refractivity contribution in [3.63, 3.8) is 0 Å². The molecule has 0 aromatic carbocycles. The number of likely N-dealkylation sites (N-methyl/N-ethyl adjacent to an activating group) is 1. The molecule has 1 aromatic rings. The van der Waals surface area contributed by atoms with Crippen LogP contribution in [0.25, 0.3) is 0 Å². The Hall–Kier alpha value is -1.36. The Labute approximate surface area is 133 Å². The highest BCUT2D eigenvalue weighted by atomic mass is 16.3. The molecule has 1 amide bonds. The SMILES string of the molecule is CCC(CC)n1nc(C(=O)N(C)CC2(O)CCCC2)cc1C. The largest absolute Gasteiger partial charge is 0.388 e. The van der Waals surface area contributed by atoms with Gasteiger partial charge in [-0.15, -0.1) is 0 Å². The first-order chi connectivity index (χ1) is 10.4. The topological polar surface area (TPSA) is 58.4 Å². The standard InChI is InChI=1S/C17H29N3O2/c1-5-14(6-2)20-13(3)11-15(18-20)16(21)19(4)12-17(22)9-7-8-10-17/h11,14,22H,5-10,12H2,1-4H3. The lowest BCUT2D eigenvalue weighted by molar-refractivity contribution is 0.0154. The van der Waals surface area contributed by atoms with Gasteiger partial charge in [-0.3, -0.25) is 9.48 Å². The van der Waals surface area contributed by atoms with Crippen molar-refractivity contribution in [1.29, 1.82) is 0 Å². The number of rotatable bonds is 6. The van der Waals surface area contributed by atoms with Crippen molar-refractivity contribution in [2.24, 2.45) is 0 Å². The van der Waals surface area contributed by atoms with Gasteiger partial charge in [0.25, 0.3) is 5.91 Å². The van der Waals surface area contributed by atoms with Gasteiger partial charge in [0, 0.05) is 19.3 Å². The van der Waals surface area contributed by atoms with E-state index in [0.29, 0.717) is 18.3 Å². The molecule has 0 aliphatic heterocycles. The zero-order valence-corrected chi connectivity index (χ0v) is 14.3. The first-order valence-corrected chi connectivity index (χ1v) is 8.44. The van der Waals surface area contributed by atoms with Crippen molar-refractivity contribution in [3.8, 4) is 0 Å². The van der Waals surface area contributed by atoms with Crippen LogP contribution in [0.2, 0.25) is 0 Å². The smallest absolute Gasteiger partial charge is 0.274 e. The monoisotopic (exact) mass is 307 g/mol. The number of hydrogen-bond donors (Lipinski definition) is 1. The van der Waals surface area contributed by atoms with Crippen LogP contribution in [0.1, 0.15) is 74.6 Å². The summed E-state index contributed by atoms with van der Waals surface area (Å²) >= 11 is 0. The number of hydrogen-bond acceptors (Lipinski definition) is 3. The Balaban J connectivity index is 2.10. The summed E-state index contributed by atoms with van der Waals surface area (Å²) in [7, 11) is 1.75. The number of carbonyl (C=O) groups is 1. The number of carbonyl (C=O) groups excluding carboxylic acids is 1. The van der Waals surface area contributed by atoms with E-state index in [1.807, 2.05) is 17.7 Å². The van der Waals surface area contributed by atoms with E-state index in [2.05, 4.69) is 18.9 Å². The van der Waals surface area contributed by atoms with Crippen LogP contribution >= 0.6 is 0 Å². The van der Waals surface area contributed by atoms with Gasteiger partial charge in [-0.25, -0.2) is 0 Å². The number of aliphatic hydroxyl groups is 1. The lowest BCUT2D eigenvalue weighted by Crippen LogP contribution is -2.42. The van der Waals surface area contributed by atoms with Crippen molar-refractivity contribution in [1.82, 2.24) is 14.7 Å². The van der Waals surface area contributed by atoms with Gasteiger partial charge in [-0.2, -0.15) is 5.10 Å². The maximum Gasteiger partial charge on any atom is 0.274 e. The molecule has 0 radical (unpaired) electrons. The van der Waals surface area contributed by atoms with Crippen molar-refractivity contribution in [2.45, 2.75) is 70.9 Å². The van der Waals surface area contributed by atoms with E-state index in [4.69, 9.17) is 0 Å². The van der Waals surface area contributed by atoms with Crippen molar-refractivity contribution >= 4 is 5.91 Å². The molecule has 5 nitrogen and oxygen atoms in total. The third-order valence-electron chi connectivity index (χ3n) is 4.84. The predicted octanol–water partition coefficient (Wildman–Crippen LogP) is 2.93. The van der Waals surface area contributed by atoms with Crippen LogP contribution in [0.4, 0.5) is 0 Å². The molecule has 0 atom stereocenters. The summed E-state index contributed by atoms with van der Waals surface area (Å²) in [6.45, 7) is 6.66. The van der Waals surface area contributed by atoms with Crippen LogP contribution in [-0.4, -0.2) is 44.9 Å². The minimum absolute atomic E-state index is 0.104. The zero-order chi connectivity index (χ0) is 16.3. The molecular formula is C17H29N3O2. The number of amides is 1. The fraction of sp³-hybridized carbons (Fsp3) is 0.765. The number of aryl methyl sites for hydroxylation is 1. The van der Waals surface area contributed by atoms with Gasteiger partial charge < -0.3 is 10.0 Å². The lowest BCUT2D eigenvalue weighted by Gasteiger charge is -2.28. The molecule has 2 rings (SSSR count). The van der Waals surface area contributed by atoms with E-state index in [0.717, 1.165) is 44.2 Å². The summed E-state index contributed by atoms with van der Waals surface area (Å²) in [4.78, 5) is 14.2. The average Bonchev–Trinajstić information content (AvgIpc) is 3.07. The van der Waals surface area contributed by atoms with E-state index in [9.17, 15) is 9.90 Å². The van der Waals surface area contributed by atoms with Crippen LogP contribution in [0.15, 0.2) is 6.07 Å². The lowest BCUT2D eigenvalue weighted by atomic mass is 10.0. The third-order valence-corrected chi connectivity index (χ3v) is 4.84. The summed E-state index contributed by atoms with van der Waals surface area (Å²) in [5, 5.41) is 15.0. The Morgan fingerprint density at radius 2 is 2.00 bits per heavy atom. The summed E-state index contributed by atoms with van der Waals surface area (Å²) < 4.78 is 1.96. The molecule has 5 heteroatoms. The highest BCUT2D eigenvalue weighted by Gasteiger charge is 2.34. The fourth-order valence-corrected chi connectivity index (χ4v) is 3.50. The quantitative estimate of drug-likeness (QED) is 0.879. The van der Waals surface area contributed by atoms with E-state index in [-0.39, 0.29) is 5.91 Å². The van der Waals surface area contributed by atoms with Gasteiger partial charge in [0.05, 0.1) is 11.6 Å². The number of nitrogens with zero attached hydrogens (tertiary/aromatic N) is 3. The van der Waals surface area contributed by atoms with E-state index in [1.54, 1.807) is 11.9 Å². The minimum Gasteiger partial charge on any atom is -0.388 e. The second kappa shape index (κ2) is 6.82. The highest BCUT2D eigenvalue weighted by molar-refractivity contribution is 5.92. The molecule has 0 bridgehead atoms. The van der Waals surface area contributed by atoms with Crippen LogP contribution < -0.4 is 0 Å². The van der Waals surface area contributed by atoms with Gasteiger partial charge in [0.1, 0.15) is 0 Å². The second-order valence-electron chi connectivity index (χ2n) is 6.68. The Kier molecular flexibility index (Phi) is 5.27. The predicted molar refractivity (Wildman–Crippen MR) is 87.0 cm³/mol. The molecule has 1 aliphatic rings. The Bertz CT molecular complexity index is 514. The van der Waals surface area contributed by atoms with E-state index >= 15 is 0 Å². The molecule has 0 spiro atoms. The third kappa shape index (κ3) is 3.51. The molecule has 0 unspecified atom stereocenters. The van der Waals surface area contributed by atoms with Crippen LogP contribution in [0.5, 0.6) is 0 Å². The molecular weight excluding hydrogens is 278 g/mol. The average molecular weight is 307 g/mol. The van der Waals surface area contributed by atoms with Crippen LogP contribution in [0, 0.1) is 6.92 Å². The molecule has 0 saturated heterocycles. The zero-order valence-electron chi connectivity index (χ0n) is 14.3. The van der Waals surface area contributed by atoms with Crippen molar-refractivity contribution in [2.75, 3.05) is 13.6 Å². The van der Waals surface area contributed by atoms with Gasteiger partial charge >= 0.3 is 0 Å².